The molecule has 1 aromatic rings. The predicted molar refractivity (Wildman–Crippen MR) is 90.2 cm³/mol. The zero-order valence-electron chi connectivity index (χ0n) is 13.7. The third-order valence-corrected chi connectivity index (χ3v) is 6.98. The molecular formula is C19H24N2O3. The first-order valence-electron chi connectivity index (χ1n) is 8.88. The summed E-state index contributed by atoms with van der Waals surface area (Å²) in [6.45, 7) is 5.55. The van der Waals surface area contributed by atoms with Gasteiger partial charge in [0.1, 0.15) is 6.10 Å². The van der Waals surface area contributed by atoms with E-state index in [1.165, 1.54) is 5.56 Å². The highest BCUT2D eigenvalue weighted by molar-refractivity contribution is 5.62. The van der Waals surface area contributed by atoms with Crippen molar-refractivity contribution < 1.29 is 14.9 Å². The molecule has 2 bridgehead atoms. The maximum atomic E-state index is 11.9. The number of nitrogens with zero attached hydrogens (tertiary/aromatic N) is 1. The number of phenolic OH excluding ortho intramolecular Hbond substituents is 1. The molecule has 5 rings (SSSR count). The minimum atomic E-state index is -0.860. The average molecular weight is 328 g/mol. The second-order valence-corrected chi connectivity index (χ2v) is 7.84. The highest BCUT2D eigenvalue weighted by Gasteiger charge is 2.72. The maximum absolute atomic E-state index is 11.9. The van der Waals surface area contributed by atoms with E-state index in [4.69, 9.17) is 10.5 Å². The van der Waals surface area contributed by atoms with Gasteiger partial charge in [-0.2, -0.15) is 0 Å². The number of likely N-dealkylation sites (tertiary alicyclic amines) is 1. The molecule has 0 aromatic heterocycles. The second kappa shape index (κ2) is 4.54. The number of phenols is 1. The van der Waals surface area contributed by atoms with Crippen molar-refractivity contribution >= 4 is 0 Å². The summed E-state index contributed by atoms with van der Waals surface area (Å²) in [6, 6.07) is 3.64. The highest BCUT2D eigenvalue weighted by atomic mass is 16.5. The molecule has 4 aliphatic rings. The molecule has 1 aromatic carbocycles. The molecule has 24 heavy (non-hydrogen) atoms. The Morgan fingerprint density at radius 2 is 2.25 bits per heavy atom. The van der Waals surface area contributed by atoms with Crippen LogP contribution in [0.15, 0.2) is 24.8 Å². The van der Waals surface area contributed by atoms with Crippen LogP contribution < -0.4 is 10.5 Å². The largest absolute Gasteiger partial charge is 0.504 e. The van der Waals surface area contributed by atoms with Crippen molar-refractivity contribution in [2.24, 2.45) is 5.73 Å². The van der Waals surface area contributed by atoms with Crippen LogP contribution in [0.3, 0.4) is 0 Å². The first-order valence-corrected chi connectivity index (χ1v) is 8.88. The van der Waals surface area contributed by atoms with Gasteiger partial charge >= 0.3 is 0 Å². The minimum Gasteiger partial charge on any atom is -0.504 e. The van der Waals surface area contributed by atoms with Gasteiger partial charge in [0.15, 0.2) is 11.5 Å². The molecule has 0 radical (unpaired) electrons. The molecule has 1 saturated carbocycles. The van der Waals surface area contributed by atoms with E-state index in [1.54, 1.807) is 6.07 Å². The molecule has 4 N–H and O–H groups in total. The van der Waals surface area contributed by atoms with Crippen molar-refractivity contribution in [3.8, 4) is 11.5 Å². The van der Waals surface area contributed by atoms with Crippen LogP contribution in [0.1, 0.15) is 30.4 Å². The average Bonchev–Trinajstić information content (AvgIpc) is 2.91. The number of aliphatic hydroxyl groups is 1. The number of ether oxygens (including phenoxy) is 1. The third kappa shape index (κ3) is 1.43. The van der Waals surface area contributed by atoms with Crippen LogP contribution in [0, 0.1) is 0 Å². The summed E-state index contributed by atoms with van der Waals surface area (Å²) in [6.07, 6.45) is 4.66. The van der Waals surface area contributed by atoms with Crippen LogP contribution in [-0.4, -0.2) is 52.0 Å². The summed E-state index contributed by atoms with van der Waals surface area (Å²) in [7, 11) is 0. The summed E-state index contributed by atoms with van der Waals surface area (Å²) in [5.74, 6) is 0.725. The van der Waals surface area contributed by atoms with E-state index in [1.807, 2.05) is 12.1 Å². The Kier molecular flexibility index (Phi) is 2.79. The summed E-state index contributed by atoms with van der Waals surface area (Å²) in [5, 5.41) is 22.3. The van der Waals surface area contributed by atoms with Gasteiger partial charge in [0.2, 0.25) is 0 Å². The molecular weight excluding hydrogens is 304 g/mol. The van der Waals surface area contributed by atoms with Crippen LogP contribution in [0.5, 0.6) is 11.5 Å². The topological polar surface area (TPSA) is 79.0 Å². The fraction of sp³-hybridized carbons (Fsp3) is 0.579. The molecule has 2 aliphatic carbocycles. The number of hydrogen-bond acceptors (Lipinski definition) is 5. The van der Waals surface area contributed by atoms with Gasteiger partial charge < -0.3 is 20.7 Å². The van der Waals surface area contributed by atoms with E-state index in [9.17, 15) is 10.2 Å². The second-order valence-electron chi connectivity index (χ2n) is 7.84. The standard InChI is InChI=1S/C19H24N2O3/c1-2-8-21-9-7-18-15-11-3-4-13(22)16(15)24-17(18)12(20)5-6-19(18,23)14(21)10-11/h2-4,12,14,17,22-23H,1,5-10,20H2/t12-,14-,17+,18+,19-/m1/s1. The monoisotopic (exact) mass is 328 g/mol. The normalized spacial score (nSPS) is 42.3. The Labute approximate surface area is 141 Å². The lowest BCUT2D eigenvalue weighted by Gasteiger charge is -2.63. The van der Waals surface area contributed by atoms with Crippen molar-refractivity contribution in [1.29, 1.82) is 0 Å². The van der Waals surface area contributed by atoms with Crippen molar-refractivity contribution in [2.45, 2.75) is 54.9 Å². The van der Waals surface area contributed by atoms with E-state index in [2.05, 4.69) is 11.5 Å². The van der Waals surface area contributed by atoms with Crippen molar-refractivity contribution in [3.63, 3.8) is 0 Å². The van der Waals surface area contributed by atoms with E-state index in [0.29, 0.717) is 12.2 Å². The zero-order chi connectivity index (χ0) is 16.7. The molecule has 2 aliphatic heterocycles. The number of nitrogens with two attached hydrogens (primary N) is 1. The lowest BCUT2D eigenvalue weighted by Crippen LogP contribution is -2.77. The molecule has 128 valence electrons. The molecule has 1 saturated heterocycles. The molecule has 2 heterocycles. The van der Waals surface area contributed by atoms with Gasteiger partial charge in [0.05, 0.1) is 11.0 Å². The van der Waals surface area contributed by atoms with E-state index in [-0.39, 0.29) is 23.9 Å². The smallest absolute Gasteiger partial charge is 0.165 e. The van der Waals surface area contributed by atoms with Crippen LogP contribution in [0.2, 0.25) is 0 Å². The quantitative estimate of drug-likeness (QED) is 0.708. The number of rotatable bonds is 2. The van der Waals surface area contributed by atoms with Crippen molar-refractivity contribution in [3.05, 3.63) is 35.9 Å². The Hall–Kier alpha value is -1.56. The molecule has 5 heteroatoms. The first-order chi connectivity index (χ1) is 11.5. The number of benzene rings is 1. The van der Waals surface area contributed by atoms with Gasteiger partial charge in [0, 0.05) is 24.2 Å². The lowest BCUT2D eigenvalue weighted by molar-refractivity contribution is -0.186. The number of piperidine rings is 1. The van der Waals surface area contributed by atoms with E-state index < -0.39 is 11.0 Å². The van der Waals surface area contributed by atoms with Crippen LogP contribution in [0.4, 0.5) is 0 Å². The van der Waals surface area contributed by atoms with E-state index in [0.717, 1.165) is 37.9 Å². The fourth-order valence-corrected chi connectivity index (χ4v) is 6.05. The molecule has 5 atom stereocenters. The summed E-state index contributed by atoms with van der Waals surface area (Å²) in [4.78, 5) is 2.35. The summed E-state index contributed by atoms with van der Waals surface area (Å²) >= 11 is 0. The molecule has 2 fully saturated rings. The van der Waals surface area contributed by atoms with Gasteiger partial charge in [-0.15, -0.1) is 6.58 Å². The van der Waals surface area contributed by atoms with Crippen molar-refractivity contribution in [2.75, 3.05) is 13.1 Å². The minimum absolute atomic E-state index is 0.0471. The first kappa shape index (κ1) is 14.8. The van der Waals surface area contributed by atoms with Crippen LogP contribution in [0.25, 0.3) is 0 Å². The van der Waals surface area contributed by atoms with Crippen LogP contribution >= 0.6 is 0 Å². The Bertz CT molecular complexity index is 736. The van der Waals surface area contributed by atoms with Gasteiger partial charge in [-0.1, -0.05) is 12.1 Å². The third-order valence-electron chi connectivity index (χ3n) is 6.98. The van der Waals surface area contributed by atoms with Gasteiger partial charge in [-0.25, -0.2) is 0 Å². The maximum Gasteiger partial charge on any atom is 0.165 e. The summed E-state index contributed by atoms with van der Waals surface area (Å²) < 4.78 is 6.21. The van der Waals surface area contributed by atoms with Gasteiger partial charge in [-0.05, 0) is 43.9 Å². The lowest BCUT2D eigenvalue weighted by atomic mass is 9.48. The Morgan fingerprint density at radius 3 is 3.04 bits per heavy atom. The van der Waals surface area contributed by atoms with Gasteiger partial charge in [0.25, 0.3) is 0 Å². The SMILES string of the molecule is C=CCN1CC[C@]23c4c5ccc(O)c4O[C@H]2[C@H](N)CC[C@@]3(O)[C@H]1C5. The van der Waals surface area contributed by atoms with E-state index >= 15 is 0 Å². The Balaban J connectivity index is 1.78. The van der Waals surface area contributed by atoms with Gasteiger partial charge in [-0.3, -0.25) is 4.90 Å². The Morgan fingerprint density at radius 1 is 1.42 bits per heavy atom. The fourth-order valence-electron chi connectivity index (χ4n) is 6.05. The highest BCUT2D eigenvalue weighted by Crippen LogP contribution is 2.65. The van der Waals surface area contributed by atoms with Crippen LogP contribution in [-0.2, 0) is 11.8 Å². The zero-order valence-corrected chi connectivity index (χ0v) is 13.7. The molecule has 0 unspecified atom stereocenters. The molecule has 0 amide bonds. The number of aromatic hydroxyl groups is 1. The molecule has 5 nitrogen and oxygen atoms in total. The predicted octanol–water partition coefficient (Wildman–Crippen LogP) is 1.06. The summed E-state index contributed by atoms with van der Waals surface area (Å²) in [5.41, 5.74) is 7.28. The molecule has 1 spiro atoms. The van der Waals surface area contributed by atoms with Crippen molar-refractivity contribution in [1.82, 2.24) is 4.90 Å². The number of hydrogen-bond donors (Lipinski definition) is 3.